The highest BCUT2D eigenvalue weighted by molar-refractivity contribution is 9.10. The molecule has 0 aliphatic heterocycles. The first-order chi connectivity index (χ1) is 11.6. The van der Waals surface area contributed by atoms with E-state index in [1.807, 2.05) is 0 Å². The van der Waals surface area contributed by atoms with Crippen molar-refractivity contribution in [2.75, 3.05) is 0 Å². The number of halogens is 4. The molecule has 0 aliphatic carbocycles. The van der Waals surface area contributed by atoms with Gasteiger partial charge in [0.1, 0.15) is 0 Å². The molecule has 0 aliphatic rings. The molecule has 5 nitrogen and oxygen atoms in total. The first kappa shape index (κ1) is 17.9. The predicted molar refractivity (Wildman–Crippen MR) is 90.7 cm³/mol. The first-order valence-corrected chi connectivity index (χ1v) is 8.68. The van der Waals surface area contributed by atoms with E-state index in [0.717, 1.165) is 26.6 Å². The second-order valence-electron chi connectivity index (χ2n) is 5.40. The monoisotopic (exact) mass is 432 g/mol. The number of thiophene rings is 1. The van der Waals surface area contributed by atoms with Gasteiger partial charge in [-0.15, -0.1) is 11.3 Å². The lowest BCUT2D eigenvalue weighted by Gasteiger charge is -2.00. The average molecular weight is 433 g/mol. The molecule has 0 N–H and O–H groups in total. The summed E-state index contributed by atoms with van der Waals surface area (Å²) in [5.41, 5.74) is 0.682. The van der Waals surface area contributed by atoms with Crippen LogP contribution in [0.15, 0.2) is 22.7 Å². The van der Waals surface area contributed by atoms with Crippen LogP contribution in [0, 0.1) is 13.8 Å². The number of nitrogens with zero attached hydrogens (tertiary/aromatic N) is 4. The summed E-state index contributed by atoms with van der Waals surface area (Å²) < 4.78 is 41.6. The number of carbonyl (C=O) groups is 1. The molecule has 0 saturated heterocycles. The maximum atomic E-state index is 12.8. The SMILES string of the molecule is Cc1nn(C(=O)c2ccc(-c3cc(C(F)(F)F)nn3C)s2)c(C)c1Br. The summed E-state index contributed by atoms with van der Waals surface area (Å²) in [4.78, 5) is 13.5. The van der Waals surface area contributed by atoms with Gasteiger partial charge >= 0.3 is 6.18 Å². The lowest BCUT2D eigenvalue weighted by atomic mass is 10.3. The Kier molecular flexibility index (Phi) is 4.36. The van der Waals surface area contributed by atoms with Crippen LogP contribution in [0.4, 0.5) is 13.2 Å². The number of alkyl halides is 3. The fourth-order valence-corrected chi connectivity index (χ4v) is 3.58. The van der Waals surface area contributed by atoms with Crippen molar-refractivity contribution in [3.05, 3.63) is 44.6 Å². The number of hydrogen-bond donors (Lipinski definition) is 0. The summed E-state index contributed by atoms with van der Waals surface area (Å²) in [5.74, 6) is -0.333. The Labute approximate surface area is 153 Å². The normalized spacial score (nSPS) is 12.0. The van der Waals surface area contributed by atoms with Gasteiger partial charge in [0, 0.05) is 7.05 Å². The Balaban J connectivity index is 1.97. The molecule has 3 heterocycles. The summed E-state index contributed by atoms with van der Waals surface area (Å²) in [5, 5.41) is 7.67. The van der Waals surface area contributed by atoms with Crippen LogP contribution in [-0.4, -0.2) is 25.5 Å². The Bertz CT molecular complexity index is 970. The summed E-state index contributed by atoms with van der Waals surface area (Å²) in [6, 6.07) is 4.16. The van der Waals surface area contributed by atoms with Gasteiger partial charge in [-0.05, 0) is 48.0 Å². The molecule has 0 fully saturated rings. The summed E-state index contributed by atoms with van der Waals surface area (Å²) in [7, 11) is 1.43. The zero-order valence-electron chi connectivity index (χ0n) is 13.3. The second-order valence-corrected chi connectivity index (χ2v) is 7.28. The molecule has 0 saturated carbocycles. The number of carbonyl (C=O) groups excluding carboxylic acids is 1. The van der Waals surface area contributed by atoms with Crippen molar-refractivity contribution >= 4 is 33.2 Å². The lowest BCUT2D eigenvalue weighted by molar-refractivity contribution is -0.141. The molecular formula is C15H12BrF3N4OS. The van der Waals surface area contributed by atoms with Gasteiger partial charge < -0.3 is 0 Å². The van der Waals surface area contributed by atoms with Gasteiger partial charge in [-0.2, -0.15) is 28.1 Å². The van der Waals surface area contributed by atoms with Crippen LogP contribution >= 0.6 is 27.3 Å². The molecule has 0 bridgehead atoms. The van der Waals surface area contributed by atoms with E-state index in [4.69, 9.17) is 0 Å². The minimum Gasteiger partial charge on any atom is -0.267 e. The molecule has 0 spiro atoms. The highest BCUT2D eigenvalue weighted by Gasteiger charge is 2.35. The Hall–Kier alpha value is -1.94. The van der Waals surface area contributed by atoms with Crippen LogP contribution in [0.25, 0.3) is 10.6 Å². The molecule has 0 aromatic carbocycles. The predicted octanol–water partition coefficient (Wildman–Crippen LogP) is 4.43. The maximum Gasteiger partial charge on any atom is 0.435 e. The van der Waals surface area contributed by atoms with E-state index in [9.17, 15) is 18.0 Å². The average Bonchev–Trinajstić information content (AvgIpc) is 3.21. The number of hydrogen-bond acceptors (Lipinski definition) is 4. The van der Waals surface area contributed by atoms with Crippen molar-refractivity contribution in [2.24, 2.45) is 7.05 Å². The molecule has 25 heavy (non-hydrogen) atoms. The van der Waals surface area contributed by atoms with E-state index in [-0.39, 0.29) is 5.91 Å². The summed E-state index contributed by atoms with van der Waals surface area (Å²) in [6.45, 7) is 3.53. The van der Waals surface area contributed by atoms with Gasteiger partial charge in [0.25, 0.3) is 5.91 Å². The van der Waals surface area contributed by atoms with E-state index in [2.05, 4.69) is 26.1 Å². The van der Waals surface area contributed by atoms with Gasteiger partial charge in [0.15, 0.2) is 5.69 Å². The zero-order chi connectivity index (χ0) is 18.5. The van der Waals surface area contributed by atoms with E-state index in [1.54, 1.807) is 26.0 Å². The van der Waals surface area contributed by atoms with Crippen LogP contribution < -0.4 is 0 Å². The van der Waals surface area contributed by atoms with Gasteiger partial charge in [-0.25, -0.2) is 0 Å². The molecule has 0 unspecified atom stereocenters. The Morgan fingerprint density at radius 2 is 1.92 bits per heavy atom. The van der Waals surface area contributed by atoms with E-state index in [0.29, 0.717) is 26.8 Å². The smallest absolute Gasteiger partial charge is 0.267 e. The van der Waals surface area contributed by atoms with Crippen molar-refractivity contribution in [3.63, 3.8) is 0 Å². The van der Waals surface area contributed by atoms with Gasteiger partial charge in [-0.1, -0.05) is 0 Å². The highest BCUT2D eigenvalue weighted by Crippen LogP contribution is 2.34. The number of aryl methyl sites for hydroxylation is 2. The van der Waals surface area contributed by atoms with Crippen molar-refractivity contribution in [3.8, 4) is 10.6 Å². The second kappa shape index (κ2) is 6.10. The molecule has 132 valence electrons. The third-order valence-corrected chi connectivity index (χ3v) is 5.88. The van der Waals surface area contributed by atoms with E-state index in [1.165, 1.54) is 11.7 Å². The van der Waals surface area contributed by atoms with Gasteiger partial charge in [0.05, 0.1) is 31.3 Å². The fraction of sp³-hybridized carbons (Fsp3) is 0.267. The lowest BCUT2D eigenvalue weighted by Crippen LogP contribution is -2.13. The molecule has 10 heteroatoms. The van der Waals surface area contributed by atoms with Crippen LogP contribution in [0.5, 0.6) is 0 Å². The quantitative estimate of drug-likeness (QED) is 0.601. The summed E-state index contributed by atoms with van der Waals surface area (Å²) >= 11 is 4.46. The molecule has 3 rings (SSSR count). The molecule has 0 radical (unpaired) electrons. The summed E-state index contributed by atoms with van der Waals surface area (Å²) in [6.07, 6.45) is -4.51. The maximum absolute atomic E-state index is 12.8. The standard InChI is InChI=1S/C15H12BrF3N4OS/c1-7-13(16)8(2)23(20-7)14(24)11-5-4-10(25-11)9-6-12(15(17,18)19)21-22(9)3/h4-6H,1-3H3. The van der Waals surface area contributed by atoms with Crippen molar-refractivity contribution in [1.82, 2.24) is 19.6 Å². The Morgan fingerprint density at radius 3 is 2.44 bits per heavy atom. The minimum atomic E-state index is -4.51. The van der Waals surface area contributed by atoms with Crippen LogP contribution in [0.2, 0.25) is 0 Å². The number of aromatic nitrogens is 4. The van der Waals surface area contributed by atoms with Crippen LogP contribution in [0.3, 0.4) is 0 Å². The zero-order valence-corrected chi connectivity index (χ0v) is 15.8. The number of rotatable bonds is 2. The van der Waals surface area contributed by atoms with Gasteiger partial charge in [-0.3, -0.25) is 9.48 Å². The molecular weight excluding hydrogens is 421 g/mol. The molecule has 0 amide bonds. The van der Waals surface area contributed by atoms with Crippen molar-refractivity contribution < 1.29 is 18.0 Å². The van der Waals surface area contributed by atoms with E-state index < -0.39 is 11.9 Å². The Morgan fingerprint density at radius 1 is 1.24 bits per heavy atom. The van der Waals surface area contributed by atoms with Crippen molar-refractivity contribution in [1.29, 1.82) is 0 Å². The van der Waals surface area contributed by atoms with Crippen molar-refractivity contribution in [2.45, 2.75) is 20.0 Å². The fourth-order valence-electron chi connectivity index (χ4n) is 2.35. The highest BCUT2D eigenvalue weighted by atomic mass is 79.9. The van der Waals surface area contributed by atoms with Gasteiger partial charge in [0.2, 0.25) is 0 Å². The van der Waals surface area contributed by atoms with E-state index >= 15 is 0 Å². The third-order valence-electron chi connectivity index (χ3n) is 3.63. The van der Waals surface area contributed by atoms with Crippen LogP contribution in [-0.2, 0) is 13.2 Å². The van der Waals surface area contributed by atoms with Crippen LogP contribution in [0.1, 0.15) is 26.8 Å². The minimum absolute atomic E-state index is 0.297. The topological polar surface area (TPSA) is 52.7 Å². The first-order valence-electron chi connectivity index (χ1n) is 7.07. The molecule has 3 aromatic rings. The molecule has 0 atom stereocenters. The third kappa shape index (κ3) is 3.15. The largest absolute Gasteiger partial charge is 0.435 e. The molecule has 3 aromatic heterocycles.